The summed E-state index contributed by atoms with van der Waals surface area (Å²) in [6.45, 7) is 0. The van der Waals surface area contributed by atoms with Crippen molar-refractivity contribution >= 4 is 29.6 Å². The Hall–Kier alpha value is -2.66. The Bertz CT molecular complexity index is 935. The monoisotopic (exact) mass is 415 g/mol. The van der Waals surface area contributed by atoms with Crippen LogP contribution in [0.25, 0.3) is 17.2 Å². The van der Waals surface area contributed by atoms with Gasteiger partial charge in [-0.25, -0.2) is 9.18 Å². The van der Waals surface area contributed by atoms with E-state index in [-0.39, 0.29) is 23.6 Å². The maximum atomic E-state index is 14.3. The first kappa shape index (κ1) is 21.1. The molecule has 3 rings (SSSR count). The van der Waals surface area contributed by atoms with Gasteiger partial charge in [0.2, 0.25) is 5.91 Å². The molecule has 1 fully saturated rings. The van der Waals surface area contributed by atoms with Crippen LogP contribution in [-0.4, -0.2) is 17.0 Å². The van der Waals surface area contributed by atoms with E-state index in [2.05, 4.69) is 5.32 Å². The minimum atomic E-state index is -1.32. The van der Waals surface area contributed by atoms with Crippen LogP contribution in [0.3, 0.4) is 0 Å². The lowest BCUT2D eigenvalue weighted by molar-refractivity contribution is -0.134. The predicted octanol–water partition coefficient (Wildman–Crippen LogP) is 5.66. The molecule has 6 heteroatoms. The number of amides is 1. The molecule has 0 saturated heterocycles. The number of rotatable bonds is 7. The zero-order valence-electron chi connectivity index (χ0n) is 16.0. The first-order valence-corrected chi connectivity index (χ1v) is 10.1. The van der Waals surface area contributed by atoms with Crippen molar-refractivity contribution in [2.45, 2.75) is 38.5 Å². The van der Waals surface area contributed by atoms with E-state index >= 15 is 0 Å². The van der Waals surface area contributed by atoms with Crippen LogP contribution in [0.15, 0.2) is 48.2 Å². The van der Waals surface area contributed by atoms with E-state index in [1.807, 2.05) is 6.07 Å². The third-order valence-corrected chi connectivity index (χ3v) is 5.57. The van der Waals surface area contributed by atoms with Gasteiger partial charge in [0, 0.05) is 22.6 Å². The highest BCUT2D eigenvalue weighted by molar-refractivity contribution is 6.33. The van der Waals surface area contributed by atoms with Gasteiger partial charge in [0.1, 0.15) is 11.5 Å². The third-order valence-electron chi connectivity index (χ3n) is 5.24. The summed E-state index contributed by atoms with van der Waals surface area (Å²) in [4.78, 5) is 23.8. The Kier molecular flexibility index (Phi) is 7.04. The number of carbonyl (C=O) groups excluding carboxylic acids is 1. The van der Waals surface area contributed by atoms with Crippen molar-refractivity contribution in [2.24, 2.45) is 5.92 Å². The van der Waals surface area contributed by atoms with Crippen molar-refractivity contribution < 1.29 is 19.1 Å². The molecule has 0 heterocycles. The number of carbonyl (C=O) groups is 2. The Morgan fingerprint density at radius 2 is 1.90 bits per heavy atom. The summed E-state index contributed by atoms with van der Waals surface area (Å²) in [5, 5.41) is 12.4. The van der Waals surface area contributed by atoms with Gasteiger partial charge in [0.25, 0.3) is 0 Å². The van der Waals surface area contributed by atoms with Crippen LogP contribution in [0.1, 0.15) is 44.1 Å². The highest BCUT2D eigenvalue weighted by atomic mass is 35.5. The van der Waals surface area contributed by atoms with Crippen LogP contribution in [0.2, 0.25) is 5.02 Å². The van der Waals surface area contributed by atoms with E-state index in [1.165, 1.54) is 25.0 Å². The number of aliphatic carboxylic acids is 1. The molecule has 0 bridgehead atoms. The normalized spacial score (nSPS) is 14.8. The molecule has 2 aromatic rings. The van der Waals surface area contributed by atoms with Crippen LogP contribution in [0.4, 0.5) is 4.39 Å². The van der Waals surface area contributed by atoms with Crippen molar-refractivity contribution in [1.82, 2.24) is 5.32 Å². The number of nitrogens with one attached hydrogen (secondary N) is 1. The minimum absolute atomic E-state index is 0.0657. The smallest absolute Gasteiger partial charge is 0.352 e. The van der Waals surface area contributed by atoms with Gasteiger partial charge < -0.3 is 10.4 Å². The number of halogens is 2. The van der Waals surface area contributed by atoms with E-state index < -0.39 is 11.8 Å². The standard InChI is InChI=1S/C23H23ClFNO3/c24-19-8-4-3-7-18(19)16-10-11-20(25)17(13-16)14-21(23(28)29)26-22(27)12-9-15-5-1-2-6-15/h3-4,7-8,10-11,13-15H,1-2,5-6,9,12H2,(H,26,27)(H,28,29). The van der Waals surface area contributed by atoms with Gasteiger partial charge in [0.05, 0.1) is 0 Å². The molecule has 0 aromatic heterocycles. The molecule has 0 unspecified atom stereocenters. The van der Waals surface area contributed by atoms with Gasteiger partial charge in [-0.2, -0.15) is 0 Å². The molecular weight excluding hydrogens is 393 g/mol. The van der Waals surface area contributed by atoms with Gasteiger partial charge in [-0.15, -0.1) is 0 Å². The molecule has 4 nitrogen and oxygen atoms in total. The number of benzene rings is 2. The third kappa shape index (κ3) is 5.67. The maximum absolute atomic E-state index is 14.3. The number of hydrogen-bond donors (Lipinski definition) is 2. The van der Waals surface area contributed by atoms with E-state index in [0.29, 0.717) is 22.1 Å². The Morgan fingerprint density at radius 3 is 2.59 bits per heavy atom. The fraction of sp³-hybridized carbons (Fsp3) is 0.304. The van der Waals surface area contributed by atoms with Crippen molar-refractivity contribution in [3.05, 3.63) is 64.6 Å². The molecule has 2 aromatic carbocycles. The van der Waals surface area contributed by atoms with E-state index in [9.17, 15) is 19.1 Å². The van der Waals surface area contributed by atoms with Crippen LogP contribution in [0.5, 0.6) is 0 Å². The van der Waals surface area contributed by atoms with Crippen molar-refractivity contribution in [3.63, 3.8) is 0 Å². The van der Waals surface area contributed by atoms with Crippen molar-refractivity contribution in [1.29, 1.82) is 0 Å². The van der Waals surface area contributed by atoms with Gasteiger partial charge in [-0.3, -0.25) is 4.79 Å². The molecule has 0 radical (unpaired) electrons. The van der Waals surface area contributed by atoms with E-state index in [4.69, 9.17) is 11.6 Å². The predicted molar refractivity (Wildman–Crippen MR) is 112 cm³/mol. The lowest BCUT2D eigenvalue weighted by Gasteiger charge is -2.10. The van der Waals surface area contributed by atoms with Crippen LogP contribution in [0, 0.1) is 11.7 Å². The second-order valence-corrected chi connectivity index (χ2v) is 7.72. The fourth-order valence-electron chi connectivity index (χ4n) is 3.67. The highest BCUT2D eigenvalue weighted by Crippen LogP contribution is 2.30. The molecule has 1 aliphatic rings. The maximum Gasteiger partial charge on any atom is 0.352 e. The average molecular weight is 416 g/mol. The summed E-state index contributed by atoms with van der Waals surface area (Å²) in [6.07, 6.45) is 6.77. The number of carboxylic acids is 1. The van der Waals surface area contributed by atoms with Crippen LogP contribution in [-0.2, 0) is 9.59 Å². The first-order valence-electron chi connectivity index (χ1n) is 9.73. The minimum Gasteiger partial charge on any atom is -0.477 e. The van der Waals surface area contributed by atoms with E-state index in [0.717, 1.165) is 25.3 Å². The van der Waals surface area contributed by atoms with Crippen molar-refractivity contribution in [3.8, 4) is 11.1 Å². The lowest BCUT2D eigenvalue weighted by atomic mass is 10.0. The number of carboxylic acid groups (broad SMARTS) is 1. The lowest BCUT2D eigenvalue weighted by Crippen LogP contribution is -2.27. The first-order chi connectivity index (χ1) is 13.9. The van der Waals surface area contributed by atoms with Crippen LogP contribution < -0.4 is 5.32 Å². The average Bonchev–Trinajstić information content (AvgIpc) is 3.21. The molecule has 1 amide bonds. The Labute approximate surface area is 174 Å². The van der Waals surface area contributed by atoms with Gasteiger partial charge >= 0.3 is 5.97 Å². The molecular formula is C23H23ClFNO3. The van der Waals surface area contributed by atoms with Gasteiger partial charge in [0.15, 0.2) is 0 Å². The molecule has 0 spiro atoms. The quantitative estimate of drug-likeness (QED) is 0.573. The molecule has 2 N–H and O–H groups in total. The molecule has 29 heavy (non-hydrogen) atoms. The molecule has 1 saturated carbocycles. The van der Waals surface area contributed by atoms with Gasteiger partial charge in [-0.1, -0.05) is 61.5 Å². The zero-order valence-corrected chi connectivity index (χ0v) is 16.7. The molecule has 0 aliphatic heterocycles. The second kappa shape index (κ2) is 9.70. The largest absolute Gasteiger partial charge is 0.477 e. The highest BCUT2D eigenvalue weighted by Gasteiger charge is 2.18. The summed E-state index contributed by atoms with van der Waals surface area (Å²) in [5.74, 6) is -1.74. The van der Waals surface area contributed by atoms with Crippen LogP contribution >= 0.6 is 11.6 Å². The van der Waals surface area contributed by atoms with Gasteiger partial charge in [-0.05, 0) is 42.2 Å². The SMILES string of the molecule is O=C(CCC1CCCC1)NC(=Cc1cc(-c2ccccc2Cl)ccc1F)C(=O)O. The Balaban J connectivity index is 1.79. The topological polar surface area (TPSA) is 66.4 Å². The fourth-order valence-corrected chi connectivity index (χ4v) is 3.92. The summed E-state index contributed by atoms with van der Waals surface area (Å²) >= 11 is 6.20. The molecule has 1 aliphatic carbocycles. The summed E-state index contributed by atoms with van der Waals surface area (Å²) < 4.78 is 14.3. The van der Waals surface area contributed by atoms with E-state index in [1.54, 1.807) is 24.3 Å². The summed E-state index contributed by atoms with van der Waals surface area (Å²) in [7, 11) is 0. The van der Waals surface area contributed by atoms with Crippen molar-refractivity contribution in [2.75, 3.05) is 0 Å². The summed E-state index contributed by atoms with van der Waals surface area (Å²) in [5.41, 5.74) is 1.08. The number of hydrogen-bond acceptors (Lipinski definition) is 2. The zero-order chi connectivity index (χ0) is 20.8. The molecule has 0 atom stereocenters. The summed E-state index contributed by atoms with van der Waals surface area (Å²) in [6, 6.07) is 11.5. The second-order valence-electron chi connectivity index (χ2n) is 7.32. The Morgan fingerprint density at radius 1 is 1.17 bits per heavy atom. The molecule has 152 valence electrons.